The number of hydrogen-bond donors (Lipinski definition) is 1. The quantitative estimate of drug-likeness (QED) is 0.870. The van der Waals surface area contributed by atoms with Crippen molar-refractivity contribution in [1.29, 1.82) is 0 Å². The van der Waals surface area contributed by atoms with Crippen LogP contribution in [0.4, 0.5) is 0 Å². The topological polar surface area (TPSA) is 29.9 Å². The fraction of sp³-hybridized carbons (Fsp3) is 0.357. The molecule has 1 aromatic heterocycles. The second-order valence-electron chi connectivity index (χ2n) is 4.63. The van der Waals surface area contributed by atoms with Gasteiger partial charge in [0, 0.05) is 24.5 Å². The second kappa shape index (κ2) is 4.72. The number of aromatic nitrogens is 2. The van der Waals surface area contributed by atoms with Gasteiger partial charge in [0.2, 0.25) is 0 Å². The molecule has 3 nitrogen and oxygen atoms in total. The zero-order valence-electron chi connectivity index (χ0n) is 9.84. The van der Waals surface area contributed by atoms with E-state index in [0.717, 1.165) is 31.4 Å². The molecule has 1 N–H and O–H groups in total. The average molecular weight is 227 g/mol. The number of nitrogens with zero attached hydrogens (tertiary/aromatic N) is 2. The van der Waals surface area contributed by atoms with Crippen LogP contribution in [0.15, 0.2) is 42.7 Å². The largest absolute Gasteiger partial charge is 0.331 e. The Labute approximate surface area is 101 Å². The number of benzene rings is 1. The molecule has 88 valence electrons. The Morgan fingerprint density at radius 1 is 1.29 bits per heavy atom. The van der Waals surface area contributed by atoms with Gasteiger partial charge in [-0.15, -0.1) is 0 Å². The zero-order chi connectivity index (χ0) is 11.5. The van der Waals surface area contributed by atoms with Crippen molar-refractivity contribution in [1.82, 2.24) is 14.9 Å². The first-order chi connectivity index (χ1) is 8.43. The summed E-state index contributed by atoms with van der Waals surface area (Å²) in [7, 11) is 0. The summed E-state index contributed by atoms with van der Waals surface area (Å²) < 4.78 is 2.27. The van der Waals surface area contributed by atoms with Gasteiger partial charge in [-0.25, -0.2) is 4.98 Å². The van der Waals surface area contributed by atoms with E-state index in [2.05, 4.69) is 45.3 Å². The minimum atomic E-state index is 0.742. The first kappa shape index (κ1) is 10.5. The molecule has 2 aromatic rings. The molecule has 1 saturated heterocycles. The maximum absolute atomic E-state index is 4.47. The lowest BCUT2D eigenvalue weighted by Gasteiger charge is -2.12. The summed E-state index contributed by atoms with van der Waals surface area (Å²) in [5, 5.41) is 3.41. The van der Waals surface area contributed by atoms with Gasteiger partial charge in [-0.2, -0.15) is 0 Å². The Morgan fingerprint density at radius 2 is 2.18 bits per heavy atom. The molecule has 2 heterocycles. The van der Waals surface area contributed by atoms with Crippen molar-refractivity contribution in [2.24, 2.45) is 5.92 Å². The summed E-state index contributed by atoms with van der Waals surface area (Å²) >= 11 is 0. The van der Waals surface area contributed by atoms with Gasteiger partial charge in [0.05, 0.1) is 0 Å². The molecule has 3 heteroatoms. The van der Waals surface area contributed by atoms with Gasteiger partial charge in [0.25, 0.3) is 0 Å². The van der Waals surface area contributed by atoms with E-state index >= 15 is 0 Å². The maximum Gasteiger partial charge on any atom is 0.139 e. The minimum Gasteiger partial charge on any atom is -0.331 e. The second-order valence-corrected chi connectivity index (χ2v) is 4.63. The Morgan fingerprint density at radius 3 is 2.94 bits per heavy atom. The van der Waals surface area contributed by atoms with Crippen LogP contribution >= 0.6 is 0 Å². The summed E-state index contributed by atoms with van der Waals surface area (Å²) in [5.41, 5.74) is 1.20. The van der Waals surface area contributed by atoms with Crippen LogP contribution in [0.1, 0.15) is 6.42 Å². The predicted molar refractivity (Wildman–Crippen MR) is 68.6 cm³/mol. The van der Waals surface area contributed by atoms with E-state index in [0.29, 0.717) is 0 Å². The van der Waals surface area contributed by atoms with Crippen molar-refractivity contribution < 1.29 is 0 Å². The molecular weight excluding hydrogens is 210 g/mol. The first-order valence-corrected chi connectivity index (χ1v) is 6.21. The van der Waals surface area contributed by atoms with Crippen molar-refractivity contribution in [3.8, 4) is 11.4 Å². The lowest BCUT2D eigenvalue weighted by atomic mass is 10.1. The van der Waals surface area contributed by atoms with Gasteiger partial charge in [-0.3, -0.25) is 0 Å². The van der Waals surface area contributed by atoms with Gasteiger partial charge in [0.1, 0.15) is 5.82 Å². The third kappa shape index (κ3) is 2.24. The third-order valence-electron chi connectivity index (χ3n) is 3.36. The van der Waals surface area contributed by atoms with E-state index in [-0.39, 0.29) is 0 Å². The number of hydrogen-bond acceptors (Lipinski definition) is 2. The van der Waals surface area contributed by atoms with Gasteiger partial charge in [-0.1, -0.05) is 30.3 Å². The highest BCUT2D eigenvalue weighted by Gasteiger charge is 2.16. The van der Waals surface area contributed by atoms with E-state index in [1.807, 2.05) is 12.3 Å². The molecule has 17 heavy (non-hydrogen) atoms. The van der Waals surface area contributed by atoms with E-state index in [1.165, 1.54) is 12.0 Å². The molecule has 0 saturated carbocycles. The van der Waals surface area contributed by atoms with Crippen LogP contribution in [-0.4, -0.2) is 22.6 Å². The first-order valence-electron chi connectivity index (χ1n) is 6.21. The molecule has 0 aliphatic carbocycles. The highest BCUT2D eigenvalue weighted by atomic mass is 15.1. The summed E-state index contributed by atoms with van der Waals surface area (Å²) in [6, 6.07) is 10.4. The Bertz CT molecular complexity index is 469. The van der Waals surface area contributed by atoms with Crippen molar-refractivity contribution in [3.63, 3.8) is 0 Å². The smallest absolute Gasteiger partial charge is 0.139 e. The SMILES string of the molecule is c1ccc(-c2nccn2CC2CCNC2)cc1. The van der Waals surface area contributed by atoms with Crippen LogP contribution in [0.5, 0.6) is 0 Å². The minimum absolute atomic E-state index is 0.742. The average Bonchev–Trinajstić information content (AvgIpc) is 3.02. The highest BCUT2D eigenvalue weighted by Crippen LogP contribution is 2.19. The Kier molecular flexibility index (Phi) is 2.92. The zero-order valence-corrected chi connectivity index (χ0v) is 9.84. The monoisotopic (exact) mass is 227 g/mol. The highest BCUT2D eigenvalue weighted by molar-refractivity contribution is 5.55. The summed E-state index contributed by atoms with van der Waals surface area (Å²) in [6.07, 6.45) is 5.25. The van der Waals surface area contributed by atoms with Crippen LogP contribution < -0.4 is 5.32 Å². The number of imidazole rings is 1. The van der Waals surface area contributed by atoms with Crippen LogP contribution in [-0.2, 0) is 6.54 Å². The number of rotatable bonds is 3. The van der Waals surface area contributed by atoms with Gasteiger partial charge in [0.15, 0.2) is 0 Å². The lowest BCUT2D eigenvalue weighted by Crippen LogP contribution is -2.14. The van der Waals surface area contributed by atoms with Crippen molar-refractivity contribution in [2.45, 2.75) is 13.0 Å². The molecule has 0 amide bonds. The molecule has 1 fully saturated rings. The normalized spacial score (nSPS) is 19.6. The van der Waals surface area contributed by atoms with E-state index in [1.54, 1.807) is 0 Å². The van der Waals surface area contributed by atoms with E-state index in [4.69, 9.17) is 0 Å². The number of nitrogens with one attached hydrogen (secondary N) is 1. The molecule has 3 rings (SSSR count). The molecule has 1 atom stereocenters. The van der Waals surface area contributed by atoms with Gasteiger partial charge in [-0.05, 0) is 25.4 Å². The third-order valence-corrected chi connectivity index (χ3v) is 3.36. The van der Waals surface area contributed by atoms with Crippen molar-refractivity contribution >= 4 is 0 Å². The van der Waals surface area contributed by atoms with Gasteiger partial charge >= 0.3 is 0 Å². The Hall–Kier alpha value is -1.61. The molecule has 1 unspecified atom stereocenters. The standard InChI is InChI=1S/C14H17N3/c1-2-4-13(5-3-1)14-16-8-9-17(14)11-12-6-7-15-10-12/h1-5,8-9,12,15H,6-7,10-11H2. The predicted octanol–water partition coefficient (Wildman–Crippen LogP) is 2.16. The fourth-order valence-corrected chi connectivity index (χ4v) is 2.45. The summed E-state index contributed by atoms with van der Waals surface area (Å²) in [6.45, 7) is 3.35. The van der Waals surface area contributed by atoms with Crippen LogP contribution in [0.25, 0.3) is 11.4 Å². The van der Waals surface area contributed by atoms with E-state index < -0.39 is 0 Å². The van der Waals surface area contributed by atoms with Crippen LogP contribution in [0.3, 0.4) is 0 Å². The fourth-order valence-electron chi connectivity index (χ4n) is 2.45. The summed E-state index contributed by atoms with van der Waals surface area (Å²) in [4.78, 5) is 4.47. The maximum atomic E-state index is 4.47. The molecule has 1 aromatic carbocycles. The van der Waals surface area contributed by atoms with Crippen LogP contribution in [0, 0.1) is 5.92 Å². The molecule has 0 radical (unpaired) electrons. The lowest BCUT2D eigenvalue weighted by molar-refractivity contribution is 0.484. The van der Waals surface area contributed by atoms with Crippen molar-refractivity contribution in [2.75, 3.05) is 13.1 Å². The molecule has 0 bridgehead atoms. The molecule has 0 spiro atoms. The molecule has 1 aliphatic heterocycles. The molecule has 1 aliphatic rings. The van der Waals surface area contributed by atoms with Crippen molar-refractivity contribution in [3.05, 3.63) is 42.7 Å². The van der Waals surface area contributed by atoms with Gasteiger partial charge < -0.3 is 9.88 Å². The van der Waals surface area contributed by atoms with E-state index in [9.17, 15) is 0 Å². The van der Waals surface area contributed by atoms with Crippen LogP contribution in [0.2, 0.25) is 0 Å². The summed E-state index contributed by atoms with van der Waals surface area (Å²) in [5.74, 6) is 1.82. The molecular formula is C14H17N3. The Balaban J connectivity index is 1.84.